The summed E-state index contributed by atoms with van der Waals surface area (Å²) in [6.45, 7) is 0.0539. The molecule has 1 amide bonds. The van der Waals surface area contributed by atoms with Gasteiger partial charge in [-0.3, -0.25) is 4.79 Å². The lowest BCUT2D eigenvalue weighted by molar-refractivity contribution is -0.119. The molecule has 7 nitrogen and oxygen atoms in total. The number of rotatable bonds is 7. The molecule has 2 aromatic carbocycles. The number of furan rings is 1. The van der Waals surface area contributed by atoms with E-state index in [9.17, 15) is 9.59 Å². The Bertz CT molecular complexity index is 995. The van der Waals surface area contributed by atoms with E-state index in [-0.39, 0.29) is 18.0 Å². The number of hydrogen-bond acceptors (Lipinski definition) is 5. The Hall–Kier alpha value is -3.58. The van der Waals surface area contributed by atoms with Crippen LogP contribution in [0.5, 0.6) is 0 Å². The summed E-state index contributed by atoms with van der Waals surface area (Å²) in [6.07, 6.45) is 1.38. The second-order valence-corrected chi connectivity index (χ2v) is 6.17. The first-order chi connectivity index (χ1) is 13.5. The normalized spacial score (nSPS) is 10.8. The SMILES string of the molecule is O=C(CNc1ccc(Cl)cc1)N/N=C\c1ccc(-c2ccc(C(=O)O)cc2)o1. The summed E-state index contributed by atoms with van der Waals surface area (Å²) in [4.78, 5) is 22.7. The zero-order valence-corrected chi connectivity index (χ0v) is 15.3. The number of aromatic carboxylic acids is 1. The number of anilines is 1. The van der Waals surface area contributed by atoms with Crippen LogP contribution in [0.3, 0.4) is 0 Å². The summed E-state index contributed by atoms with van der Waals surface area (Å²) in [6, 6.07) is 16.7. The third-order valence-electron chi connectivity index (χ3n) is 3.72. The predicted molar refractivity (Wildman–Crippen MR) is 107 cm³/mol. The topological polar surface area (TPSA) is 104 Å². The molecule has 0 aliphatic rings. The molecule has 0 fully saturated rings. The quantitative estimate of drug-likeness (QED) is 0.415. The van der Waals surface area contributed by atoms with Crippen LogP contribution < -0.4 is 10.7 Å². The van der Waals surface area contributed by atoms with E-state index in [0.717, 1.165) is 11.3 Å². The highest BCUT2D eigenvalue weighted by Gasteiger charge is 2.06. The summed E-state index contributed by atoms with van der Waals surface area (Å²) < 4.78 is 5.62. The second-order valence-electron chi connectivity index (χ2n) is 5.74. The van der Waals surface area contributed by atoms with Crippen molar-refractivity contribution in [3.05, 3.63) is 77.0 Å². The summed E-state index contributed by atoms with van der Waals surface area (Å²) >= 11 is 5.80. The van der Waals surface area contributed by atoms with Gasteiger partial charge in [0, 0.05) is 16.3 Å². The highest BCUT2D eigenvalue weighted by molar-refractivity contribution is 6.30. The number of nitrogens with zero attached hydrogens (tertiary/aromatic N) is 1. The summed E-state index contributed by atoms with van der Waals surface area (Å²) in [5, 5.41) is 16.3. The average molecular weight is 398 g/mol. The van der Waals surface area contributed by atoms with Gasteiger partial charge in [0.05, 0.1) is 18.3 Å². The zero-order chi connectivity index (χ0) is 19.9. The van der Waals surface area contributed by atoms with Crippen LogP contribution in [-0.4, -0.2) is 29.7 Å². The van der Waals surface area contributed by atoms with E-state index in [1.165, 1.54) is 18.3 Å². The molecule has 0 saturated heterocycles. The lowest BCUT2D eigenvalue weighted by atomic mass is 10.1. The fourth-order valence-corrected chi connectivity index (χ4v) is 2.44. The molecule has 0 atom stereocenters. The average Bonchev–Trinajstić information content (AvgIpc) is 3.16. The molecule has 3 aromatic rings. The van der Waals surface area contributed by atoms with Gasteiger partial charge in [0.25, 0.3) is 5.91 Å². The Balaban J connectivity index is 1.51. The molecule has 142 valence electrons. The highest BCUT2D eigenvalue weighted by atomic mass is 35.5. The zero-order valence-electron chi connectivity index (χ0n) is 14.6. The first kappa shape index (κ1) is 19.2. The van der Waals surface area contributed by atoms with Crippen molar-refractivity contribution < 1.29 is 19.1 Å². The minimum Gasteiger partial charge on any atom is -0.478 e. The number of carbonyl (C=O) groups excluding carboxylic acids is 1. The Morgan fingerprint density at radius 3 is 2.43 bits per heavy atom. The minimum absolute atomic E-state index is 0.0539. The van der Waals surface area contributed by atoms with Crippen LogP contribution in [0.4, 0.5) is 5.69 Å². The first-order valence-corrected chi connectivity index (χ1v) is 8.64. The molecule has 0 saturated carbocycles. The maximum Gasteiger partial charge on any atom is 0.335 e. The predicted octanol–water partition coefficient (Wildman–Crippen LogP) is 3.86. The van der Waals surface area contributed by atoms with Gasteiger partial charge in [-0.2, -0.15) is 5.10 Å². The third kappa shape index (κ3) is 5.21. The number of nitrogens with one attached hydrogen (secondary N) is 2. The van der Waals surface area contributed by atoms with Crippen molar-refractivity contribution in [1.82, 2.24) is 5.43 Å². The summed E-state index contributed by atoms with van der Waals surface area (Å²) in [5.41, 5.74) is 4.11. The molecule has 0 radical (unpaired) electrons. The van der Waals surface area contributed by atoms with Crippen molar-refractivity contribution in [3.8, 4) is 11.3 Å². The third-order valence-corrected chi connectivity index (χ3v) is 3.97. The summed E-state index contributed by atoms with van der Waals surface area (Å²) in [5.74, 6) is -0.292. The molecule has 8 heteroatoms. The molecule has 0 aliphatic carbocycles. The second kappa shape index (κ2) is 8.88. The van der Waals surface area contributed by atoms with Crippen LogP contribution in [0.15, 0.2) is 70.2 Å². The fourth-order valence-electron chi connectivity index (χ4n) is 2.31. The Kier molecular flexibility index (Phi) is 6.08. The van der Waals surface area contributed by atoms with Crippen LogP contribution >= 0.6 is 11.6 Å². The highest BCUT2D eigenvalue weighted by Crippen LogP contribution is 2.22. The minimum atomic E-state index is -0.986. The Morgan fingerprint density at radius 2 is 1.75 bits per heavy atom. The van der Waals surface area contributed by atoms with Crippen LogP contribution in [0, 0.1) is 0 Å². The lowest BCUT2D eigenvalue weighted by Gasteiger charge is -2.04. The molecular formula is C20H16ClN3O4. The van der Waals surface area contributed by atoms with Crippen molar-refractivity contribution in [2.24, 2.45) is 5.10 Å². The van der Waals surface area contributed by atoms with Crippen LogP contribution in [-0.2, 0) is 4.79 Å². The molecule has 0 bridgehead atoms. The maximum absolute atomic E-state index is 11.8. The van der Waals surface area contributed by atoms with Crippen molar-refractivity contribution in [2.45, 2.75) is 0 Å². The molecule has 3 N–H and O–H groups in total. The van der Waals surface area contributed by atoms with Crippen LogP contribution in [0.25, 0.3) is 11.3 Å². The number of hydrazone groups is 1. The van der Waals surface area contributed by atoms with E-state index in [0.29, 0.717) is 16.5 Å². The van der Waals surface area contributed by atoms with E-state index in [1.807, 2.05) is 0 Å². The van der Waals surface area contributed by atoms with Gasteiger partial charge in [0.2, 0.25) is 0 Å². The molecule has 0 spiro atoms. The largest absolute Gasteiger partial charge is 0.478 e. The molecule has 1 heterocycles. The van der Waals surface area contributed by atoms with Gasteiger partial charge < -0.3 is 14.8 Å². The number of carboxylic acid groups (broad SMARTS) is 1. The van der Waals surface area contributed by atoms with E-state index in [4.69, 9.17) is 21.1 Å². The van der Waals surface area contributed by atoms with Gasteiger partial charge in [-0.25, -0.2) is 10.2 Å². The fraction of sp³-hybridized carbons (Fsp3) is 0.0500. The number of amides is 1. The van der Waals surface area contributed by atoms with E-state index < -0.39 is 5.97 Å². The molecule has 0 aliphatic heterocycles. The van der Waals surface area contributed by atoms with Crippen LogP contribution in [0.2, 0.25) is 5.02 Å². The lowest BCUT2D eigenvalue weighted by Crippen LogP contribution is -2.25. The van der Waals surface area contributed by atoms with Gasteiger partial charge >= 0.3 is 5.97 Å². The number of halogens is 1. The van der Waals surface area contributed by atoms with Crippen LogP contribution in [0.1, 0.15) is 16.1 Å². The van der Waals surface area contributed by atoms with Crippen molar-refractivity contribution in [2.75, 3.05) is 11.9 Å². The van der Waals surface area contributed by atoms with E-state index in [1.54, 1.807) is 48.5 Å². The Morgan fingerprint density at radius 1 is 1.04 bits per heavy atom. The van der Waals surface area contributed by atoms with Crippen molar-refractivity contribution >= 4 is 35.4 Å². The molecule has 28 heavy (non-hydrogen) atoms. The Labute approximate surface area is 165 Å². The van der Waals surface area contributed by atoms with E-state index >= 15 is 0 Å². The number of carbonyl (C=O) groups is 2. The standard InChI is InChI=1S/C20H16ClN3O4/c21-15-5-7-16(8-6-15)22-12-19(25)24-23-11-17-9-10-18(28-17)13-1-3-14(4-2-13)20(26)27/h1-11,22H,12H2,(H,24,25)(H,26,27)/b23-11-. The number of benzene rings is 2. The maximum atomic E-state index is 11.8. The van der Waals surface area contributed by atoms with Gasteiger partial charge in [-0.05, 0) is 48.5 Å². The smallest absolute Gasteiger partial charge is 0.335 e. The molecular weight excluding hydrogens is 382 g/mol. The molecule has 3 rings (SSSR count). The van der Waals surface area contributed by atoms with Gasteiger partial charge in [-0.1, -0.05) is 23.7 Å². The van der Waals surface area contributed by atoms with Gasteiger partial charge in [0.1, 0.15) is 11.5 Å². The summed E-state index contributed by atoms with van der Waals surface area (Å²) in [7, 11) is 0. The monoisotopic (exact) mass is 397 g/mol. The first-order valence-electron chi connectivity index (χ1n) is 8.26. The van der Waals surface area contributed by atoms with Gasteiger partial charge in [-0.15, -0.1) is 0 Å². The van der Waals surface area contributed by atoms with Gasteiger partial charge in [0.15, 0.2) is 0 Å². The molecule has 0 unspecified atom stereocenters. The number of carboxylic acids is 1. The molecule has 1 aromatic heterocycles. The van der Waals surface area contributed by atoms with Crippen molar-refractivity contribution in [1.29, 1.82) is 0 Å². The van der Waals surface area contributed by atoms with E-state index in [2.05, 4.69) is 15.8 Å². The van der Waals surface area contributed by atoms with Crippen molar-refractivity contribution in [3.63, 3.8) is 0 Å². The number of hydrogen-bond donors (Lipinski definition) is 3.